The number of aromatic nitrogens is 1. The van der Waals surface area contributed by atoms with Gasteiger partial charge in [0.05, 0.1) is 29.1 Å². The third kappa shape index (κ3) is 8.55. The summed E-state index contributed by atoms with van der Waals surface area (Å²) in [5, 5.41) is 16.4. The van der Waals surface area contributed by atoms with Gasteiger partial charge >= 0.3 is 0 Å². The van der Waals surface area contributed by atoms with Crippen LogP contribution in [0.4, 0.5) is 4.39 Å². The second kappa shape index (κ2) is 14.9. The highest BCUT2D eigenvalue weighted by molar-refractivity contribution is 7.89. The lowest BCUT2D eigenvalue weighted by atomic mass is 10.00. The fourth-order valence-corrected chi connectivity index (χ4v) is 7.84. The minimum Gasteiger partial charge on any atom is -0.391 e. The van der Waals surface area contributed by atoms with E-state index in [0.717, 1.165) is 38.8 Å². The Morgan fingerprint density at radius 1 is 1.06 bits per heavy atom. The number of rotatable bonds is 11. The van der Waals surface area contributed by atoms with Gasteiger partial charge in [0, 0.05) is 24.4 Å². The highest BCUT2D eigenvalue weighted by atomic mass is 32.2. The van der Waals surface area contributed by atoms with Crippen LogP contribution in [0.1, 0.15) is 66.7 Å². The van der Waals surface area contributed by atoms with E-state index in [2.05, 4.69) is 31.3 Å². The largest absolute Gasteiger partial charge is 0.391 e. The van der Waals surface area contributed by atoms with Gasteiger partial charge in [-0.25, -0.2) is 22.5 Å². The van der Waals surface area contributed by atoms with E-state index in [-0.39, 0.29) is 29.6 Å². The predicted molar refractivity (Wildman–Crippen MR) is 186 cm³/mol. The Kier molecular flexibility index (Phi) is 10.6. The Bertz CT molecular complexity index is 1910. The van der Waals surface area contributed by atoms with Crippen LogP contribution >= 0.6 is 0 Å². The molecule has 14 heteroatoms. The molecule has 6 rings (SSSR count). The average Bonchev–Trinajstić information content (AvgIpc) is 3.84. The lowest BCUT2D eigenvalue weighted by Gasteiger charge is -2.29. The number of benzene rings is 2. The van der Waals surface area contributed by atoms with Gasteiger partial charge in [0.25, 0.3) is 5.91 Å². The van der Waals surface area contributed by atoms with Crippen LogP contribution in [0.5, 0.6) is 0 Å². The van der Waals surface area contributed by atoms with Crippen molar-refractivity contribution in [3.8, 4) is 0 Å². The number of aliphatic hydroxyl groups excluding tert-OH is 1. The van der Waals surface area contributed by atoms with E-state index < -0.39 is 58.3 Å². The van der Waals surface area contributed by atoms with Crippen LogP contribution in [0.15, 0.2) is 59.5 Å². The summed E-state index contributed by atoms with van der Waals surface area (Å²) in [6.07, 6.45) is 6.67. The molecule has 1 aliphatic carbocycles. The standard InChI is InChI=1S/C36H43FN6O6S/c1-22(30-10-9-29(18-24(30)6-5-23-3-4-23)50(48,49)41-27-13-15-42(2)16-14-27)39-36(47)33-19-28(44)21-43(33)34(45)20-38-35(46)32-11-7-25-17-26(37)8-12-31(25)40-32/h5-12,17-18,22-23,27-28,33,41,44H,3-4,13-16,19-21H2,1-2H3,(H,38,46)(H,39,47)/b6-5+/t22-,28+,33-/m0/s1. The number of piperidine rings is 1. The highest BCUT2D eigenvalue weighted by Gasteiger charge is 2.39. The van der Waals surface area contributed by atoms with Crippen molar-refractivity contribution in [2.45, 2.75) is 68.2 Å². The van der Waals surface area contributed by atoms with Gasteiger partial charge in [-0.3, -0.25) is 14.4 Å². The molecule has 4 N–H and O–H groups in total. The molecule has 2 aliphatic heterocycles. The zero-order valence-corrected chi connectivity index (χ0v) is 29.0. The van der Waals surface area contributed by atoms with Crippen molar-refractivity contribution in [3.05, 3.63) is 77.2 Å². The van der Waals surface area contributed by atoms with E-state index in [1.807, 2.05) is 13.1 Å². The molecule has 3 heterocycles. The Hall–Kier alpha value is -4.24. The maximum Gasteiger partial charge on any atom is 0.270 e. The van der Waals surface area contributed by atoms with Crippen molar-refractivity contribution < 1.29 is 32.3 Å². The zero-order chi connectivity index (χ0) is 35.6. The first-order chi connectivity index (χ1) is 23.9. The van der Waals surface area contributed by atoms with Crippen molar-refractivity contribution in [2.75, 3.05) is 33.2 Å². The number of amides is 3. The first kappa shape index (κ1) is 35.6. The first-order valence-corrected chi connectivity index (χ1v) is 18.5. The number of hydrogen-bond donors (Lipinski definition) is 4. The lowest BCUT2D eigenvalue weighted by Crippen LogP contribution is -2.49. The number of halogens is 1. The van der Waals surface area contributed by atoms with E-state index in [1.54, 1.807) is 31.2 Å². The Morgan fingerprint density at radius 2 is 1.82 bits per heavy atom. The van der Waals surface area contributed by atoms with Crippen molar-refractivity contribution >= 4 is 44.7 Å². The molecule has 3 aromatic rings. The van der Waals surface area contributed by atoms with E-state index in [1.165, 1.54) is 29.2 Å². The van der Waals surface area contributed by atoms with Crippen LogP contribution in [-0.2, 0) is 19.6 Å². The van der Waals surface area contributed by atoms with E-state index >= 15 is 0 Å². The van der Waals surface area contributed by atoms with Gasteiger partial charge in [-0.05, 0) is 106 Å². The Morgan fingerprint density at radius 3 is 2.56 bits per heavy atom. The molecule has 2 aromatic carbocycles. The number of pyridine rings is 1. The van der Waals surface area contributed by atoms with Gasteiger partial charge in [0.15, 0.2) is 0 Å². The Labute approximate surface area is 291 Å². The summed E-state index contributed by atoms with van der Waals surface area (Å²) in [7, 11) is -1.76. The number of sulfonamides is 1. The summed E-state index contributed by atoms with van der Waals surface area (Å²) in [5.41, 5.74) is 1.85. The SMILES string of the molecule is C[C@H](NC(=O)[C@@H]1C[C@@H](O)CN1C(=O)CNC(=O)c1ccc2cc(F)ccc2n1)c1ccc(S(=O)(=O)NC2CCN(C)CC2)cc1/C=C/C1CC1. The Balaban J connectivity index is 1.11. The normalized spacial score (nSPS) is 21.1. The van der Waals surface area contributed by atoms with Gasteiger partial charge in [0.1, 0.15) is 17.6 Å². The summed E-state index contributed by atoms with van der Waals surface area (Å²) in [6.45, 7) is 2.93. The fourth-order valence-electron chi connectivity index (χ4n) is 6.50. The quantitative estimate of drug-likeness (QED) is 0.237. The molecule has 3 atom stereocenters. The van der Waals surface area contributed by atoms with Crippen LogP contribution in [-0.4, -0.2) is 97.4 Å². The smallest absolute Gasteiger partial charge is 0.270 e. The van der Waals surface area contributed by atoms with E-state index in [9.17, 15) is 32.3 Å². The molecule has 0 unspecified atom stereocenters. The second-order valence-corrected chi connectivity index (χ2v) is 15.3. The molecule has 0 bridgehead atoms. The molecule has 1 saturated carbocycles. The van der Waals surface area contributed by atoms with Crippen LogP contribution < -0.4 is 15.4 Å². The molecular weight excluding hydrogens is 663 g/mol. The maximum atomic E-state index is 13.6. The summed E-state index contributed by atoms with van der Waals surface area (Å²) >= 11 is 0. The highest BCUT2D eigenvalue weighted by Crippen LogP contribution is 2.32. The summed E-state index contributed by atoms with van der Waals surface area (Å²) in [5.74, 6) is -1.63. The molecule has 0 radical (unpaired) electrons. The number of aliphatic hydroxyl groups is 1. The van der Waals surface area contributed by atoms with Crippen LogP contribution in [0, 0.1) is 11.7 Å². The molecule has 3 fully saturated rings. The molecular formula is C36H43FN6O6S. The zero-order valence-electron chi connectivity index (χ0n) is 28.1. The number of carbonyl (C=O) groups excluding carboxylic acids is 3. The number of nitrogens with one attached hydrogen (secondary N) is 3. The third-order valence-electron chi connectivity index (χ3n) is 9.59. The van der Waals surface area contributed by atoms with Gasteiger partial charge in [-0.2, -0.15) is 0 Å². The molecule has 50 heavy (non-hydrogen) atoms. The minimum atomic E-state index is -3.77. The number of likely N-dealkylation sites (tertiary alicyclic amines) is 2. The topological polar surface area (TPSA) is 161 Å². The van der Waals surface area contributed by atoms with Crippen LogP contribution in [0.2, 0.25) is 0 Å². The molecule has 3 aliphatic rings. The van der Waals surface area contributed by atoms with Crippen molar-refractivity contribution in [1.82, 2.24) is 30.1 Å². The predicted octanol–water partition coefficient (Wildman–Crippen LogP) is 2.74. The maximum absolute atomic E-state index is 13.6. The van der Waals surface area contributed by atoms with Crippen molar-refractivity contribution in [3.63, 3.8) is 0 Å². The van der Waals surface area contributed by atoms with Crippen molar-refractivity contribution in [2.24, 2.45) is 5.92 Å². The number of allylic oxidation sites excluding steroid dienone is 1. The molecule has 266 valence electrons. The van der Waals surface area contributed by atoms with Gasteiger partial charge in [-0.1, -0.05) is 24.3 Å². The van der Waals surface area contributed by atoms with Crippen LogP contribution in [0.25, 0.3) is 17.0 Å². The molecule has 2 saturated heterocycles. The number of nitrogens with zero attached hydrogens (tertiary/aromatic N) is 3. The molecule has 1 aromatic heterocycles. The number of β-amino-alcohol motifs (C(OH)–C–C–N with tert-alkyl or cyclic N) is 1. The lowest BCUT2D eigenvalue weighted by molar-refractivity contribution is -0.138. The first-order valence-electron chi connectivity index (χ1n) is 17.0. The summed E-state index contributed by atoms with van der Waals surface area (Å²) in [6, 6.07) is 10.2. The van der Waals surface area contributed by atoms with Crippen molar-refractivity contribution in [1.29, 1.82) is 0 Å². The number of hydrogen-bond acceptors (Lipinski definition) is 8. The van der Waals surface area contributed by atoms with Gasteiger partial charge in [0.2, 0.25) is 21.8 Å². The molecule has 3 amide bonds. The fraction of sp³-hybridized carbons (Fsp3) is 0.444. The second-order valence-electron chi connectivity index (χ2n) is 13.6. The number of carbonyl (C=O) groups is 3. The van der Waals surface area contributed by atoms with E-state index in [0.29, 0.717) is 27.9 Å². The summed E-state index contributed by atoms with van der Waals surface area (Å²) in [4.78, 5) is 47.4. The summed E-state index contributed by atoms with van der Waals surface area (Å²) < 4.78 is 43.1. The van der Waals surface area contributed by atoms with Gasteiger partial charge < -0.3 is 25.5 Å². The van der Waals surface area contributed by atoms with Gasteiger partial charge in [-0.15, -0.1) is 0 Å². The third-order valence-corrected chi connectivity index (χ3v) is 11.1. The van der Waals surface area contributed by atoms with Crippen LogP contribution in [0.3, 0.4) is 0 Å². The number of fused-ring (bicyclic) bond motifs is 1. The molecule has 12 nitrogen and oxygen atoms in total. The molecule has 0 spiro atoms. The minimum absolute atomic E-state index is 0.0231. The monoisotopic (exact) mass is 706 g/mol. The average molecular weight is 707 g/mol. The van der Waals surface area contributed by atoms with E-state index in [4.69, 9.17) is 0 Å².